The Morgan fingerprint density at radius 1 is 1.55 bits per heavy atom. The summed E-state index contributed by atoms with van der Waals surface area (Å²) in [5.41, 5.74) is 1.20. The molecule has 1 rings (SSSR count). The fourth-order valence-electron chi connectivity index (χ4n) is 2.02. The molecule has 0 fully saturated rings. The summed E-state index contributed by atoms with van der Waals surface area (Å²) in [5.74, 6) is -0.136. The molecule has 114 valence electrons. The van der Waals surface area contributed by atoms with Crippen LogP contribution >= 0.6 is 11.8 Å². The Labute approximate surface area is 125 Å². The molecule has 0 aliphatic carbocycles. The fourth-order valence-corrected chi connectivity index (χ4v) is 2.65. The van der Waals surface area contributed by atoms with Gasteiger partial charge < -0.3 is 10.4 Å². The van der Waals surface area contributed by atoms with Crippen LogP contribution in [0.15, 0.2) is 6.20 Å². The molecule has 5 nitrogen and oxygen atoms in total. The van der Waals surface area contributed by atoms with Gasteiger partial charge in [0.2, 0.25) is 0 Å². The highest BCUT2D eigenvalue weighted by Crippen LogP contribution is 2.24. The number of rotatable bonds is 5. The lowest BCUT2D eigenvalue weighted by molar-refractivity contribution is 0.0933. The minimum atomic E-state index is -0.187. The van der Waals surface area contributed by atoms with Gasteiger partial charge in [0.1, 0.15) is 0 Å². The number of aliphatic hydroxyl groups is 1. The highest BCUT2D eigenvalue weighted by atomic mass is 32.2. The molecule has 2 atom stereocenters. The maximum absolute atomic E-state index is 12.4. The Bertz CT molecular complexity index is 461. The summed E-state index contributed by atoms with van der Waals surface area (Å²) in [4.78, 5) is 12.4. The molecule has 2 unspecified atom stereocenters. The fraction of sp³-hybridized carbons (Fsp3) is 0.714. The molecule has 0 saturated carbocycles. The van der Waals surface area contributed by atoms with Crippen molar-refractivity contribution in [3.8, 4) is 0 Å². The minimum absolute atomic E-state index is 0.00583. The van der Waals surface area contributed by atoms with Gasteiger partial charge in [-0.3, -0.25) is 9.48 Å². The standard InChI is InChI=1S/C14H25N3O2S/c1-9(11(8-18)20-6)15-13(19)10-7-17(5)16-12(10)14(2,3)4/h7,9,11,18H,8H2,1-6H3,(H,15,19). The Morgan fingerprint density at radius 3 is 2.60 bits per heavy atom. The van der Waals surface area contributed by atoms with Crippen LogP contribution in [0.25, 0.3) is 0 Å². The van der Waals surface area contributed by atoms with E-state index in [1.54, 1.807) is 22.6 Å². The van der Waals surface area contributed by atoms with Crippen molar-refractivity contribution in [2.24, 2.45) is 7.05 Å². The lowest BCUT2D eigenvalue weighted by Gasteiger charge is -2.22. The van der Waals surface area contributed by atoms with E-state index in [9.17, 15) is 9.90 Å². The van der Waals surface area contributed by atoms with Gasteiger partial charge in [-0.25, -0.2) is 0 Å². The Kier molecular flexibility index (Phi) is 5.65. The van der Waals surface area contributed by atoms with Crippen molar-refractivity contribution in [2.75, 3.05) is 12.9 Å². The van der Waals surface area contributed by atoms with Crippen molar-refractivity contribution in [1.29, 1.82) is 0 Å². The number of aromatic nitrogens is 2. The highest BCUT2D eigenvalue weighted by Gasteiger charge is 2.27. The van der Waals surface area contributed by atoms with Crippen LogP contribution in [-0.2, 0) is 12.5 Å². The number of nitrogens with one attached hydrogen (secondary N) is 1. The van der Waals surface area contributed by atoms with E-state index < -0.39 is 0 Å². The Hall–Kier alpha value is -1.01. The first-order chi connectivity index (χ1) is 9.20. The van der Waals surface area contributed by atoms with E-state index in [2.05, 4.69) is 10.4 Å². The number of amides is 1. The zero-order chi connectivity index (χ0) is 15.5. The van der Waals surface area contributed by atoms with E-state index in [0.29, 0.717) is 5.56 Å². The molecule has 20 heavy (non-hydrogen) atoms. The first kappa shape index (κ1) is 17.0. The molecule has 0 aromatic carbocycles. The van der Waals surface area contributed by atoms with Crippen molar-refractivity contribution < 1.29 is 9.90 Å². The van der Waals surface area contributed by atoms with Crippen LogP contribution in [0.5, 0.6) is 0 Å². The van der Waals surface area contributed by atoms with Crippen LogP contribution in [0.1, 0.15) is 43.7 Å². The van der Waals surface area contributed by atoms with Crippen molar-refractivity contribution in [3.63, 3.8) is 0 Å². The van der Waals surface area contributed by atoms with Gasteiger partial charge in [-0.05, 0) is 13.2 Å². The highest BCUT2D eigenvalue weighted by molar-refractivity contribution is 7.99. The van der Waals surface area contributed by atoms with Crippen molar-refractivity contribution in [3.05, 3.63) is 17.5 Å². The van der Waals surface area contributed by atoms with Crippen LogP contribution in [0.2, 0.25) is 0 Å². The lowest BCUT2D eigenvalue weighted by atomic mass is 9.89. The zero-order valence-electron chi connectivity index (χ0n) is 13.1. The molecule has 2 N–H and O–H groups in total. The van der Waals surface area contributed by atoms with Gasteiger partial charge in [0, 0.05) is 30.0 Å². The Morgan fingerprint density at radius 2 is 2.15 bits per heavy atom. The number of carbonyl (C=O) groups excluding carboxylic acids is 1. The summed E-state index contributed by atoms with van der Waals surface area (Å²) >= 11 is 1.54. The van der Waals surface area contributed by atoms with Crippen molar-refractivity contribution in [1.82, 2.24) is 15.1 Å². The van der Waals surface area contributed by atoms with Crippen LogP contribution in [0.4, 0.5) is 0 Å². The minimum Gasteiger partial charge on any atom is -0.395 e. The molecule has 0 aliphatic rings. The number of aryl methyl sites for hydroxylation is 1. The molecule has 1 aromatic rings. The van der Waals surface area contributed by atoms with Gasteiger partial charge in [0.05, 0.1) is 17.9 Å². The average Bonchev–Trinajstić information content (AvgIpc) is 2.72. The van der Waals surface area contributed by atoms with E-state index in [1.807, 2.05) is 41.0 Å². The number of hydrogen-bond acceptors (Lipinski definition) is 4. The molecule has 0 aliphatic heterocycles. The number of aliphatic hydroxyl groups excluding tert-OH is 1. The van der Waals surface area contributed by atoms with Crippen LogP contribution in [-0.4, -0.2) is 44.9 Å². The molecular formula is C14H25N3O2S. The number of thioether (sulfide) groups is 1. The first-order valence-electron chi connectivity index (χ1n) is 6.69. The molecule has 0 radical (unpaired) electrons. The molecule has 6 heteroatoms. The molecular weight excluding hydrogens is 274 g/mol. The topological polar surface area (TPSA) is 67.2 Å². The Balaban J connectivity index is 2.93. The van der Waals surface area contributed by atoms with Gasteiger partial charge in [-0.2, -0.15) is 16.9 Å². The van der Waals surface area contributed by atoms with E-state index in [-0.39, 0.29) is 29.2 Å². The summed E-state index contributed by atoms with van der Waals surface area (Å²) in [5, 5.41) is 16.6. The second kappa shape index (κ2) is 6.63. The lowest BCUT2D eigenvalue weighted by Crippen LogP contribution is -2.41. The molecule has 1 aromatic heterocycles. The largest absolute Gasteiger partial charge is 0.395 e. The average molecular weight is 299 g/mol. The van der Waals surface area contributed by atoms with Crippen molar-refractivity contribution in [2.45, 2.75) is 44.4 Å². The second-order valence-electron chi connectivity index (χ2n) is 6.03. The predicted molar refractivity (Wildman–Crippen MR) is 83.2 cm³/mol. The molecule has 1 amide bonds. The molecule has 1 heterocycles. The molecule has 0 bridgehead atoms. The van der Waals surface area contributed by atoms with Gasteiger partial charge in [0.15, 0.2) is 0 Å². The quantitative estimate of drug-likeness (QED) is 0.866. The summed E-state index contributed by atoms with van der Waals surface area (Å²) < 4.78 is 1.66. The number of nitrogens with zero attached hydrogens (tertiary/aromatic N) is 2. The maximum atomic E-state index is 12.4. The summed E-state index contributed by atoms with van der Waals surface area (Å²) in [6, 6.07) is -0.101. The number of hydrogen-bond donors (Lipinski definition) is 2. The smallest absolute Gasteiger partial charge is 0.255 e. The van der Waals surface area contributed by atoms with Gasteiger partial charge in [0.25, 0.3) is 5.91 Å². The maximum Gasteiger partial charge on any atom is 0.255 e. The summed E-state index contributed by atoms with van der Waals surface area (Å²) in [6.07, 6.45) is 3.67. The third-order valence-electron chi connectivity index (χ3n) is 3.18. The summed E-state index contributed by atoms with van der Waals surface area (Å²) in [7, 11) is 1.81. The van der Waals surface area contributed by atoms with Crippen LogP contribution in [0, 0.1) is 0 Å². The van der Waals surface area contributed by atoms with Gasteiger partial charge >= 0.3 is 0 Å². The van der Waals surface area contributed by atoms with Crippen molar-refractivity contribution >= 4 is 17.7 Å². The molecule has 0 saturated heterocycles. The van der Waals surface area contributed by atoms with E-state index >= 15 is 0 Å². The third-order valence-corrected chi connectivity index (χ3v) is 4.35. The summed E-state index contributed by atoms with van der Waals surface area (Å²) in [6.45, 7) is 8.06. The normalized spacial score (nSPS) is 14.9. The van der Waals surface area contributed by atoms with E-state index in [4.69, 9.17) is 0 Å². The predicted octanol–water partition coefficient (Wildman–Crippen LogP) is 1.56. The van der Waals surface area contributed by atoms with E-state index in [1.165, 1.54) is 0 Å². The second-order valence-corrected chi connectivity index (χ2v) is 7.11. The number of carbonyl (C=O) groups is 1. The van der Waals surface area contributed by atoms with E-state index in [0.717, 1.165) is 5.69 Å². The zero-order valence-corrected chi connectivity index (χ0v) is 13.9. The molecule has 0 spiro atoms. The van der Waals surface area contributed by atoms with Crippen LogP contribution < -0.4 is 5.32 Å². The first-order valence-corrected chi connectivity index (χ1v) is 7.98. The van der Waals surface area contributed by atoms with Gasteiger partial charge in [-0.1, -0.05) is 20.8 Å². The van der Waals surface area contributed by atoms with Crippen LogP contribution in [0.3, 0.4) is 0 Å². The monoisotopic (exact) mass is 299 g/mol. The third kappa shape index (κ3) is 3.99. The SMILES string of the molecule is CSC(CO)C(C)NC(=O)c1cn(C)nc1C(C)(C)C. The van der Waals surface area contributed by atoms with Gasteiger partial charge in [-0.15, -0.1) is 0 Å².